The van der Waals surface area contributed by atoms with E-state index in [1.807, 2.05) is 49.8 Å². The van der Waals surface area contributed by atoms with Gasteiger partial charge in [0.15, 0.2) is 6.61 Å². The first-order chi connectivity index (χ1) is 16.7. The van der Waals surface area contributed by atoms with Crippen LogP contribution in [0.2, 0.25) is 0 Å². The molecule has 0 bridgehead atoms. The number of hydrogen-bond acceptors (Lipinski definition) is 7. The van der Waals surface area contributed by atoms with Gasteiger partial charge in [-0.25, -0.2) is 4.98 Å². The third kappa shape index (κ3) is 10.2. The number of rotatable bonds is 12. The van der Waals surface area contributed by atoms with Crippen molar-refractivity contribution in [3.63, 3.8) is 0 Å². The summed E-state index contributed by atoms with van der Waals surface area (Å²) in [5.41, 5.74) is 3.62. The second-order valence-corrected chi connectivity index (χ2v) is 9.98. The molecule has 1 aromatic carbocycles. The fraction of sp³-hybridized carbons (Fsp3) is 0.458. The highest BCUT2D eigenvalue weighted by Crippen LogP contribution is 2.30. The van der Waals surface area contributed by atoms with Gasteiger partial charge in [0.05, 0.1) is 38.7 Å². The first-order valence-corrected chi connectivity index (χ1v) is 13.5. The van der Waals surface area contributed by atoms with E-state index in [9.17, 15) is 18.3 Å². The van der Waals surface area contributed by atoms with Crippen LogP contribution in [0.3, 0.4) is 0 Å². The van der Waals surface area contributed by atoms with Crippen molar-refractivity contribution in [1.82, 2.24) is 4.98 Å². The normalized spacial score (nSPS) is 12.1. The van der Waals surface area contributed by atoms with Crippen LogP contribution in [0.1, 0.15) is 30.2 Å². The molecule has 2 aromatic rings. The van der Waals surface area contributed by atoms with Crippen molar-refractivity contribution in [3.8, 4) is 17.6 Å². The molecule has 6 nitrogen and oxygen atoms in total. The smallest absolute Gasteiger partial charge is 0.413 e. The number of alkyl halides is 3. The van der Waals surface area contributed by atoms with Crippen molar-refractivity contribution in [2.75, 3.05) is 51.2 Å². The van der Waals surface area contributed by atoms with E-state index in [-0.39, 0.29) is 6.61 Å². The Morgan fingerprint density at radius 2 is 1.91 bits per heavy atom. The van der Waals surface area contributed by atoms with Gasteiger partial charge >= 0.3 is 6.18 Å². The van der Waals surface area contributed by atoms with Gasteiger partial charge in [0.25, 0.3) is 0 Å². The van der Waals surface area contributed by atoms with Gasteiger partial charge in [0, 0.05) is 37.1 Å². The van der Waals surface area contributed by atoms with Gasteiger partial charge in [-0.1, -0.05) is 11.8 Å². The molecule has 35 heavy (non-hydrogen) atoms. The minimum Gasteiger partial charge on any atom is -0.495 e. The number of aliphatic hydroxyl groups excluding tert-OH is 1. The van der Waals surface area contributed by atoms with Gasteiger partial charge < -0.3 is 23.5 Å². The molecular formula is C24H30F3N2O4PS. The lowest BCUT2D eigenvalue weighted by Crippen LogP contribution is -2.20. The number of methoxy groups -OCH3 is 1. The minimum atomic E-state index is -4.32. The molecule has 0 aliphatic carbocycles. The van der Waals surface area contributed by atoms with Crippen LogP contribution in [0, 0.1) is 11.8 Å². The van der Waals surface area contributed by atoms with Crippen LogP contribution < -0.4 is 15.1 Å². The summed E-state index contributed by atoms with van der Waals surface area (Å²) >= 11 is 0.814. The first kappa shape index (κ1) is 29.2. The van der Waals surface area contributed by atoms with E-state index >= 15 is 0 Å². The summed E-state index contributed by atoms with van der Waals surface area (Å²) in [5.74, 6) is 7.39. The van der Waals surface area contributed by atoms with E-state index in [1.54, 1.807) is 13.2 Å². The monoisotopic (exact) mass is 530 g/mol. The van der Waals surface area contributed by atoms with Gasteiger partial charge in [-0.05, 0) is 62.4 Å². The molecule has 192 valence electrons. The largest absolute Gasteiger partial charge is 0.495 e. The second-order valence-electron chi connectivity index (χ2n) is 7.39. The van der Waals surface area contributed by atoms with Gasteiger partial charge in [-0.3, -0.25) is 0 Å². The van der Waals surface area contributed by atoms with E-state index in [1.165, 1.54) is 0 Å². The van der Waals surface area contributed by atoms with Crippen molar-refractivity contribution >= 4 is 31.3 Å². The topological polar surface area (TPSA) is 64.1 Å². The molecule has 1 aromatic heterocycles. The maximum atomic E-state index is 12.1. The summed E-state index contributed by atoms with van der Waals surface area (Å²) in [6.45, 7) is 3.62. The molecule has 0 aliphatic heterocycles. The Labute approximate surface area is 210 Å². The molecule has 0 radical (unpaired) electrons. The van der Waals surface area contributed by atoms with Crippen LogP contribution in [0.5, 0.6) is 5.75 Å². The Kier molecular flexibility index (Phi) is 12.1. The Balaban J connectivity index is 2.11. The van der Waals surface area contributed by atoms with Gasteiger partial charge in [-0.15, -0.1) is 0 Å². The molecule has 0 spiro atoms. The molecule has 0 amide bonds. The molecule has 0 saturated carbocycles. The Morgan fingerprint density at radius 1 is 1.17 bits per heavy atom. The fourth-order valence-corrected chi connectivity index (χ4v) is 4.70. The van der Waals surface area contributed by atoms with Crippen molar-refractivity contribution in [2.45, 2.75) is 26.1 Å². The predicted molar refractivity (Wildman–Crippen MR) is 136 cm³/mol. The second kappa shape index (κ2) is 14.5. The summed E-state index contributed by atoms with van der Waals surface area (Å²) in [4.78, 5) is 6.41. The van der Waals surface area contributed by atoms with Crippen molar-refractivity contribution in [3.05, 3.63) is 47.2 Å². The van der Waals surface area contributed by atoms with Crippen LogP contribution in [-0.2, 0) is 15.3 Å². The van der Waals surface area contributed by atoms with Gasteiger partial charge in [0.2, 0.25) is 0 Å². The molecule has 1 N–H and O–H groups in total. The average molecular weight is 531 g/mol. The van der Waals surface area contributed by atoms with Gasteiger partial charge in [0.1, 0.15) is 5.75 Å². The highest BCUT2D eigenvalue weighted by molar-refractivity contribution is 7.94. The van der Waals surface area contributed by atoms with Crippen molar-refractivity contribution in [2.24, 2.45) is 0 Å². The number of aromatic nitrogens is 1. The SMILES string of the molecule is CCOP(C)c1cc(C#Cc2ccc(OC)c(N(C)CCCSOCC(F)(F)F)c2)cc(CO)n1. The van der Waals surface area contributed by atoms with E-state index in [0.29, 0.717) is 36.8 Å². The van der Waals surface area contributed by atoms with E-state index in [0.717, 1.165) is 34.3 Å². The predicted octanol–water partition coefficient (Wildman–Crippen LogP) is 4.72. The summed E-state index contributed by atoms with van der Waals surface area (Å²) in [5, 5.41) is 9.57. The van der Waals surface area contributed by atoms with Crippen LogP contribution in [0.25, 0.3) is 0 Å². The number of aliphatic hydroxyl groups is 1. The molecule has 0 fully saturated rings. The number of halogens is 3. The zero-order chi connectivity index (χ0) is 25.8. The average Bonchev–Trinajstić information content (AvgIpc) is 2.83. The van der Waals surface area contributed by atoms with E-state index in [2.05, 4.69) is 21.0 Å². The number of ether oxygens (including phenoxy) is 1. The quantitative estimate of drug-likeness (QED) is 0.184. The standard InChI is InChI=1S/C24H30F3N2O4PS/c1-5-32-34(4)23-15-19(13-20(16-30)28-23)8-7-18-9-10-22(31-3)21(14-18)29(2)11-6-12-35-33-17-24(25,26)27/h9-10,13-15,30H,5-6,11-12,16-17H2,1-4H3. The third-order valence-corrected chi connectivity index (χ3v) is 6.90. The lowest BCUT2D eigenvalue weighted by molar-refractivity contribution is -0.150. The summed E-state index contributed by atoms with van der Waals surface area (Å²) in [6, 6.07) is 9.21. The Morgan fingerprint density at radius 3 is 2.57 bits per heavy atom. The number of benzene rings is 1. The zero-order valence-corrected chi connectivity index (χ0v) is 21.9. The lowest BCUT2D eigenvalue weighted by atomic mass is 10.1. The van der Waals surface area contributed by atoms with Crippen LogP contribution >= 0.6 is 20.2 Å². The molecule has 0 saturated heterocycles. The first-order valence-electron chi connectivity index (χ1n) is 10.9. The van der Waals surface area contributed by atoms with Crippen molar-refractivity contribution < 1.29 is 31.7 Å². The Bertz CT molecular complexity index is 1010. The van der Waals surface area contributed by atoms with Crippen LogP contribution in [0.15, 0.2) is 30.3 Å². The Hall–Kier alpha value is -2.02. The lowest BCUT2D eigenvalue weighted by Gasteiger charge is -2.22. The highest BCUT2D eigenvalue weighted by atomic mass is 32.2. The maximum Gasteiger partial charge on any atom is 0.413 e. The van der Waals surface area contributed by atoms with Gasteiger partial charge in [-0.2, -0.15) is 13.2 Å². The highest BCUT2D eigenvalue weighted by Gasteiger charge is 2.27. The van der Waals surface area contributed by atoms with E-state index in [4.69, 9.17) is 9.26 Å². The summed E-state index contributed by atoms with van der Waals surface area (Å²) in [7, 11) is 2.57. The minimum absolute atomic E-state index is 0.186. The van der Waals surface area contributed by atoms with E-state index < -0.39 is 20.9 Å². The third-order valence-electron chi connectivity index (χ3n) is 4.64. The van der Waals surface area contributed by atoms with Crippen molar-refractivity contribution in [1.29, 1.82) is 0 Å². The molecule has 1 atom stereocenters. The molecule has 1 unspecified atom stereocenters. The summed E-state index contributed by atoms with van der Waals surface area (Å²) < 4.78 is 52.1. The molecule has 1 heterocycles. The number of pyridine rings is 1. The number of anilines is 1. The fourth-order valence-electron chi connectivity index (χ4n) is 3.01. The zero-order valence-electron chi connectivity index (χ0n) is 20.2. The molecule has 11 heteroatoms. The maximum absolute atomic E-state index is 12.1. The molecule has 2 rings (SSSR count). The number of nitrogens with zero attached hydrogens (tertiary/aromatic N) is 2. The summed E-state index contributed by atoms with van der Waals surface area (Å²) in [6.07, 6.45) is -3.69. The van der Waals surface area contributed by atoms with Crippen LogP contribution in [-0.4, -0.2) is 62.6 Å². The van der Waals surface area contributed by atoms with Crippen LogP contribution in [0.4, 0.5) is 18.9 Å². The molecule has 0 aliphatic rings. The number of hydrogen-bond donors (Lipinski definition) is 1. The molecular weight excluding hydrogens is 500 g/mol.